The molecule has 0 saturated carbocycles. The molecule has 0 fully saturated rings. The first-order valence-electron chi connectivity index (χ1n) is 6.16. The van der Waals surface area contributed by atoms with Crippen molar-refractivity contribution in [3.05, 3.63) is 29.8 Å². The molecule has 3 heteroatoms. The number of benzene rings is 1. The van der Waals surface area contributed by atoms with E-state index in [1.807, 2.05) is 12.1 Å². The van der Waals surface area contributed by atoms with Gasteiger partial charge in [0.25, 0.3) is 0 Å². The molecule has 2 N–H and O–H groups in total. The summed E-state index contributed by atoms with van der Waals surface area (Å²) in [5, 5.41) is 12.6. The van der Waals surface area contributed by atoms with Crippen LogP contribution < -0.4 is 10.1 Å². The van der Waals surface area contributed by atoms with Crippen LogP contribution in [0.25, 0.3) is 0 Å². The van der Waals surface area contributed by atoms with E-state index < -0.39 is 0 Å². The van der Waals surface area contributed by atoms with Crippen molar-refractivity contribution in [3.63, 3.8) is 0 Å². The molecule has 3 nitrogen and oxygen atoms in total. The number of hydrogen-bond acceptors (Lipinski definition) is 3. The van der Waals surface area contributed by atoms with Gasteiger partial charge in [-0.15, -0.1) is 0 Å². The van der Waals surface area contributed by atoms with Crippen LogP contribution in [0, 0.1) is 5.41 Å². The second-order valence-electron chi connectivity index (χ2n) is 5.50. The third-order valence-corrected chi connectivity index (χ3v) is 3.22. The standard InChI is InChI=1S/C14H21NO2/c1-14(2,10-16)9-15-7-11-8-17-13-6-4-3-5-12(11)13/h3-6,11,15-16H,7-10H2,1-2H3. The van der Waals surface area contributed by atoms with E-state index in [1.165, 1.54) is 5.56 Å². The molecule has 1 aliphatic heterocycles. The van der Waals surface area contributed by atoms with Gasteiger partial charge in [-0.25, -0.2) is 0 Å². The second kappa shape index (κ2) is 5.07. The van der Waals surface area contributed by atoms with Gasteiger partial charge in [0.2, 0.25) is 0 Å². The normalized spacial score (nSPS) is 18.9. The van der Waals surface area contributed by atoms with Gasteiger partial charge in [-0.2, -0.15) is 0 Å². The molecule has 1 aromatic rings. The molecule has 17 heavy (non-hydrogen) atoms. The van der Waals surface area contributed by atoms with Gasteiger partial charge in [-0.05, 0) is 6.07 Å². The summed E-state index contributed by atoms with van der Waals surface area (Å²) in [6.45, 7) is 6.80. The van der Waals surface area contributed by atoms with Gasteiger partial charge in [-0.3, -0.25) is 0 Å². The van der Waals surface area contributed by atoms with Crippen molar-refractivity contribution in [2.75, 3.05) is 26.3 Å². The van der Waals surface area contributed by atoms with Crippen molar-refractivity contribution in [2.24, 2.45) is 5.41 Å². The molecule has 0 aliphatic carbocycles. The molecule has 0 spiro atoms. The van der Waals surface area contributed by atoms with Crippen LogP contribution in [0.15, 0.2) is 24.3 Å². The summed E-state index contributed by atoms with van der Waals surface area (Å²) in [5.74, 6) is 1.45. The molecule has 0 radical (unpaired) electrons. The van der Waals surface area contributed by atoms with E-state index in [1.54, 1.807) is 0 Å². The molecule has 1 aromatic carbocycles. The molecular formula is C14H21NO2. The van der Waals surface area contributed by atoms with Gasteiger partial charge in [0.1, 0.15) is 5.75 Å². The minimum atomic E-state index is -0.0566. The highest BCUT2D eigenvalue weighted by molar-refractivity contribution is 5.39. The molecule has 1 unspecified atom stereocenters. The number of para-hydroxylation sites is 1. The Morgan fingerprint density at radius 2 is 2.18 bits per heavy atom. The number of rotatable bonds is 5. The first-order chi connectivity index (χ1) is 8.12. The van der Waals surface area contributed by atoms with Crippen LogP contribution in [-0.2, 0) is 0 Å². The fourth-order valence-corrected chi connectivity index (χ4v) is 2.04. The van der Waals surface area contributed by atoms with E-state index >= 15 is 0 Å². The average molecular weight is 235 g/mol. The second-order valence-corrected chi connectivity index (χ2v) is 5.50. The van der Waals surface area contributed by atoms with E-state index in [0.717, 1.165) is 25.4 Å². The third kappa shape index (κ3) is 2.99. The lowest BCUT2D eigenvalue weighted by Crippen LogP contribution is -2.34. The van der Waals surface area contributed by atoms with Crippen molar-refractivity contribution >= 4 is 0 Å². The van der Waals surface area contributed by atoms with E-state index in [2.05, 4.69) is 31.3 Å². The van der Waals surface area contributed by atoms with Crippen LogP contribution in [0.5, 0.6) is 5.75 Å². The van der Waals surface area contributed by atoms with Gasteiger partial charge >= 0.3 is 0 Å². The molecule has 0 saturated heterocycles. The summed E-state index contributed by atoms with van der Waals surface area (Å²) in [6, 6.07) is 8.21. The minimum Gasteiger partial charge on any atom is -0.493 e. The fourth-order valence-electron chi connectivity index (χ4n) is 2.04. The number of ether oxygens (including phenoxy) is 1. The fraction of sp³-hybridized carbons (Fsp3) is 0.571. The Morgan fingerprint density at radius 3 is 2.94 bits per heavy atom. The summed E-state index contributed by atoms with van der Waals surface area (Å²) < 4.78 is 5.63. The lowest BCUT2D eigenvalue weighted by molar-refractivity contribution is 0.156. The van der Waals surface area contributed by atoms with E-state index in [4.69, 9.17) is 4.74 Å². The lowest BCUT2D eigenvalue weighted by atomic mass is 9.94. The van der Waals surface area contributed by atoms with Crippen molar-refractivity contribution in [2.45, 2.75) is 19.8 Å². The molecule has 0 aromatic heterocycles. The Morgan fingerprint density at radius 1 is 1.41 bits per heavy atom. The van der Waals surface area contributed by atoms with Gasteiger partial charge in [0, 0.05) is 36.6 Å². The summed E-state index contributed by atoms with van der Waals surface area (Å²) >= 11 is 0. The first kappa shape index (κ1) is 12.4. The molecule has 0 bridgehead atoms. The van der Waals surface area contributed by atoms with Crippen molar-refractivity contribution < 1.29 is 9.84 Å². The number of aliphatic hydroxyl groups excluding tert-OH is 1. The van der Waals surface area contributed by atoms with Crippen LogP contribution >= 0.6 is 0 Å². The topological polar surface area (TPSA) is 41.5 Å². The van der Waals surface area contributed by atoms with E-state index in [-0.39, 0.29) is 12.0 Å². The molecule has 1 aliphatic rings. The summed E-state index contributed by atoms with van der Waals surface area (Å²) in [7, 11) is 0. The monoisotopic (exact) mass is 235 g/mol. The molecule has 1 atom stereocenters. The number of fused-ring (bicyclic) bond motifs is 1. The van der Waals surface area contributed by atoms with Crippen molar-refractivity contribution in [3.8, 4) is 5.75 Å². The predicted octanol–water partition coefficient (Wildman–Crippen LogP) is 1.77. The zero-order valence-corrected chi connectivity index (χ0v) is 10.6. The maximum Gasteiger partial charge on any atom is 0.122 e. The number of hydrogen-bond donors (Lipinski definition) is 2. The van der Waals surface area contributed by atoms with Gasteiger partial charge in [0.05, 0.1) is 6.61 Å². The van der Waals surface area contributed by atoms with E-state index in [0.29, 0.717) is 5.92 Å². The Hall–Kier alpha value is -1.06. The van der Waals surface area contributed by atoms with Crippen molar-refractivity contribution in [1.82, 2.24) is 5.32 Å². The first-order valence-corrected chi connectivity index (χ1v) is 6.16. The van der Waals surface area contributed by atoms with Crippen LogP contribution in [0.4, 0.5) is 0 Å². The lowest BCUT2D eigenvalue weighted by Gasteiger charge is -2.23. The minimum absolute atomic E-state index is 0.0566. The number of nitrogens with one attached hydrogen (secondary N) is 1. The summed E-state index contributed by atoms with van der Waals surface area (Å²) in [5.41, 5.74) is 1.24. The molecular weight excluding hydrogens is 214 g/mol. The van der Waals surface area contributed by atoms with Crippen LogP contribution in [0.2, 0.25) is 0 Å². The molecule has 1 heterocycles. The third-order valence-electron chi connectivity index (χ3n) is 3.22. The summed E-state index contributed by atoms with van der Waals surface area (Å²) in [6.07, 6.45) is 0. The zero-order chi connectivity index (χ0) is 12.3. The Bertz CT molecular complexity index is 376. The smallest absolute Gasteiger partial charge is 0.122 e. The highest BCUT2D eigenvalue weighted by atomic mass is 16.5. The van der Waals surface area contributed by atoms with Gasteiger partial charge in [0.15, 0.2) is 0 Å². The highest BCUT2D eigenvalue weighted by Gasteiger charge is 2.24. The van der Waals surface area contributed by atoms with Crippen LogP contribution in [0.3, 0.4) is 0 Å². The van der Waals surface area contributed by atoms with E-state index in [9.17, 15) is 5.11 Å². The van der Waals surface area contributed by atoms with Crippen LogP contribution in [0.1, 0.15) is 25.3 Å². The SMILES string of the molecule is CC(C)(CO)CNCC1COc2ccccc21. The Balaban J connectivity index is 1.86. The quantitative estimate of drug-likeness (QED) is 0.817. The van der Waals surface area contributed by atoms with Gasteiger partial charge < -0.3 is 15.2 Å². The highest BCUT2D eigenvalue weighted by Crippen LogP contribution is 2.32. The Kier molecular flexibility index (Phi) is 3.69. The van der Waals surface area contributed by atoms with Crippen molar-refractivity contribution in [1.29, 1.82) is 0 Å². The molecule has 94 valence electrons. The molecule has 0 amide bonds. The average Bonchev–Trinajstić information content (AvgIpc) is 2.73. The largest absolute Gasteiger partial charge is 0.493 e. The van der Waals surface area contributed by atoms with Gasteiger partial charge in [-0.1, -0.05) is 32.0 Å². The maximum absolute atomic E-state index is 9.18. The summed E-state index contributed by atoms with van der Waals surface area (Å²) in [4.78, 5) is 0. The molecule has 2 rings (SSSR count). The maximum atomic E-state index is 9.18. The Labute approximate surface area is 103 Å². The number of aliphatic hydroxyl groups is 1. The van der Waals surface area contributed by atoms with Crippen LogP contribution in [-0.4, -0.2) is 31.4 Å². The zero-order valence-electron chi connectivity index (χ0n) is 10.6. The predicted molar refractivity (Wildman–Crippen MR) is 68.4 cm³/mol.